The van der Waals surface area contributed by atoms with E-state index >= 15 is 0 Å². The van der Waals surface area contributed by atoms with Gasteiger partial charge in [0.2, 0.25) is 5.91 Å². The lowest BCUT2D eigenvalue weighted by Crippen LogP contribution is -2.26. The molecule has 0 aromatic heterocycles. The van der Waals surface area contributed by atoms with Crippen LogP contribution in [0.4, 0.5) is 5.69 Å². The summed E-state index contributed by atoms with van der Waals surface area (Å²) in [7, 11) is 1.72. The van der Waals surface area contributed by atoms with Gasteiger partial charge in [-0.05, 0) is 24.0 Å². The molecule has 1 aliphatic carbocycles. The third-order valence-electron chi connectivity index (χ3n) is 4.56. The molecule has 23 heavy (non-hydrogen) atoms. The minimum atomic E-state index is -0.454. The number of hydrogen-bond acceptors (Lipinski definition) is 3. The zero-order valence-corrected chi connectivity index (χ0v) is 14.2. The van der Waals surface area contributed by atoms with Crippen LogP contribution in [-0.2, 0) is 11.3 Å². The molecule has 2 rings (SSSR count). The number of nitro groups is 1. The second kappa shape index (κ2) is 8.29. The first-order chi connectivity index (χ1) is 11.0. The summed E-state index contributed by atoms with van der Waals surface area (Å²) < 4.78 is 0. The summed E-state index contributed by atoms with van der Waals surface area (Å²) in [6.45, 7) is 0.296. The highest BCUT2D eigenvalue weighted by atomic mass is 35.5. The molecule has 126 valence electrons. The fourth-order valence-corrected chi connectivity index (χ4v) is 3.31. The van der Waals surface area contributed by atoms with E-state index in [0.717, 1.165) is 6.42 Å². The topological polar surface area (TPSA) is 63.4 Å². The number of rotatable bonds is 6. The standard InChI is InChI=1S/C17H23ClN2O3/c1-19(17(21)10-7-13-5-3-2-4-6-13)12-14-11-15(20(22)23)8-9-16(14)18/h8-9,11,13H,2-7,10,12H2,1H3. The minimum absolute atomic E-state index is 0.00699. The van der Waals surface area contributed by atoms with E-state index in [4.69, 9.17) is 11.6 Å². The zero-order chi connectivity index (χ0) is 16.8. The molecule has 1 aliphatic rings. The molecular formula is C17H23ClN2O3. The van der Waals surface area contributed by atoms with E-state index in [2.05, 4.69) is 0 Å². The van der Waals surface area contributed by atoms with Crippen LogP contribution >= 0.6 is 11.6 Å². The van der Waals surface area contributed by atoms with Gasteiger partial charge in [-0.2, -0.15) is 0 Å². The van der Waals surface area contributed by atoms with Crippen molar-refractivity contribution in [3.05, 3.63) is 38.9 Å². The molecule has 0 unspecified atom stereocenters. The van der Waals surface area contributed by atoms with Gasteiger partial charge in [0, 0.05) is 37.2 Å². The first kappa shape index (κ1) is 17.7. The number of carbonyl (C=O) groups is 1. The lowest BCUT2D eigenvalue weighted by molar-refractivity contribution is -0.384. The van der Waals surface area contributed by atoms with E-state index < -0.39 is 4.92 Å². The van der Waals surface area contributed by atoms with Crippen LogP contribution in [0.25, 0.3) is 0 Å². The Bertz CT molecular complexity index is 571. The number of non-ortho nitro benzene ring substituents is 1. The van der Waals surface area contributed by atoms with Crippen LogP contribution in [0.5, 0.6) is 0 Å². The van der Waals surface area contributed by atoms with Crippen LogP contribution in [0, 0.1) is 16.0 Å². The Labute approximate surface area is 141 Å². The summed E-state index contributed by atoms with van der Waals surface area (Å²) in [5, 5.41) is 11.3. The Morgan fingerprint density at radius 3 is 2.70 bits per heavy atom. The average molecular weight is 339 g/mol. The quantitative estimate of drug-likeness (QED) is 0.564. The Morgan fingerprint density at radius 2 is 2.04 bits per heavy atom. The van der Waals surface area contributed by atoms with E-state index in [1.807, 2.05) is 0 Å². The molecule has 0 N–H and O–H groups in total. The average Bonchev–Trinajstić information content (AvgIpc) is 2.55. The Hall–Kier alpha value is -1.62. The minimum Gasteiger partial charge on any atom is -0.341 e. The third kappa shape index (κ3) is 5.20. The maximum Gasteiger partial charge on any atom is 0.269 e. The van der Waals surface area contributed by atoms with Crippen LogP contribution in [0.2, 0.25) is 5.02 Å². The summed E-state index contributed by atoms with van der Waals surface area (Å²) in [6, 6.07) is 4.32. The fraction of sp³-hybridized carbons (Fsp3) is 0.588. The normalized spacial score (nSPS) is 15.4. The van der Waals surface area contributed by atoms with Crippen molar-refractivity contribution in [1.82, 2.24) is 4.90 Å². The highest BCUT2D eigenvalue weighted by molar-refractivity contribution is 6.31. The maximum absolute atomic E-state index is 12.3. The van der Waals surface area contributed by atoms with E-state index in [-0.39, 0.29) is 11.6 Å². The van der Waals surface area contributed by atoms with Crippen molar-refractivity contribution in [3.63, 3.8) is 0 Å². The molecule has 1 saturated carbocycles. The van der Waals surface area contributed by atoms with Crippen molar-refractivity contribution in [2.24, 2.45) is 5.92 Å². The number of benzene rings is 1. The Kier molecular flexibility index (Phi) is 6.39. The van der Waals surface area contributed by atoms with Crippen molar-refractivity contribution in [3.8, 4) is 0 Å². The molecule has 0 radical (unpaired) electrons. The smallest absolute Gasteiger partial charge is 0.269 e. The van der Waals surface area contributed by atoms with E-state index in [1.54, 1.807) is 11.9 Å². The molecule has 0 heterocycles. The maximum atomic E-state index is 12.3. The molecular weight excluding hydrogens is 316 g/mol. The van der Waals surface area contributed by atoms with Crippen molar-refractivity contribution < 1.29 is 9.72 Å². The second-order valence-electron chi connectivity index (χ2n) is 6.33. The summed E-state index contributed by atoms with van der Waals surface area (Å²) in [6.07, 6.45) is 7.80. The van der Waals surface area contributed by atoms with Crippen LogP contribution < -0.4 is 0 Å². The van der Waals surface area contributed by atoms with Gasteiger partial charge in [0.15, 0.2) is 0 Å². The highest BCUT2D eigenvalue weighted by Crippen LogP contribution is 2.28. The molecule has 0 bridgehead atoms. The second-order valence-corrected chi connectivity index (χ2v) is 6.73. The van der Waals surface area contributed by atoms with E-state index in [0.29, 0.717) is 29.5 Å². The third-order valence-corrected chi connectivity index (χ3v) is 4.93. The molecule has 1 aromatic carbocycles. The summed E-state index contributed by atoms with van der Waals surface area (Å²) in [5.74, 6) is 0.737. The first-order valence-electron chi connectivity index (χ1n) is 8.14. The van der Waals surface area contributed by atoms with Gasteiger partial charge in [-0.1, -0.05) is 43.7 Å². The molecule has 1 fully saturated rings. The van der Waals surface area contributed by atoms with Crippen LogP contribution in [0.15, 0.2) is 18.2 Å². The predicted molar refractivity (Wildman–Crippen MR) is 90.4 cm³/mol. The highest BCUT2D eigenvalue weighted by Gasteiger charge is 2.18. The van der Waals surface area contributed by atoms with Crippen LogP contribution in [-0.4, -0.2) is 22.8 Å². The van der Waals surface area contributed by atoms with Gasteiger partial charge in [0.05, 0.1) is 4.92 Å². The van der Waals surface area contributed by atoms with Crippen molar-refractivity contribution in [1.29, 1.82) is 0 Å². The van der Waals surface area contributed by atoms with Crippen LogP contribution in [0.1, 0.15) is 50.5 Å². The molecule has 1 amide bonds. The number of hydrogen-bond donors (Lipinski definition) is 0. The lowest BCUT2D eigenvalue weighted by Gasteiger charge is -2.23. The fourth-order valence-electron chi connectivity index (χ4n) is 3.13. The van der Waals surface area contributed by atoms with E-state index in [1.165, 1.54) is 50.3 Å². The number of halogens is 1. The Balaban J connectivity index is 1.90. The van der Waals surface area contributed by atoms with Crippen molar-refractivity contribution in [2.45, 2.75) is 51.5 Å². The van der Waals surface area contributed by atoms with Gasteiger partial charge in [-0.15, -0.1) is 0 Å². The summed E-state index contributed by atoms with van der Waals surface area (Å²) in [4.78, 5) is 24.3. The largest absolute Gasteiger partial charge is 0.341 e. The number of amides is 1. The van der Waals surface area contributed by atoms with Gasteiger partial charge < -0.3 is 4.90 Å². The SMILES string of the molecule is CN(Cc1cc([N+](=O)[O-])ccc1Cl)C(=O)CCC1CCCCC1. The Morgan fingerprint density at radius 1 is 1.35 bits per heavy atom. The van der Waals surface area contributed by atoms with Crippen molar-refractivity contribution >= 4 is 23.2 Å². The number of nitro benzene ring substituents is 1. The molecule has 5 nitrogen and oxygen atoms in total. The van der Waals surface area contributed by atoms with Crippen molar-refractivity contribution in [2.75, 3.05) is 7.05 Å². The van der Waals surface area contributed by atoms with Crippen LogP contribution in [0.3, 0.4) is 0 Å². The molecule has 0 saturated heterocycles. The molecule has 1 aromatic rings. The first-order valence-corrected chi connectivity index (χ1v) is 8.52. The van der Waals surface area contributed by atoms with Gasteiger partial charge in [0.1, 0.15) is 0 Å². The van der Waals surface area contributed by atoms with E-state index in [9.17, 15) is 14.9 Å². The number of nitrogens with zero attached hydrogens (tertiary/aromatic N) is 2. The number of carbonyl (C=O) groups excluding carboxylic acids is 1. The molecule has 0 spiro atoms. The molecule has 0 aliphatic heterocycles. The predicted octanol–water partition coefficient (Wildman–Crippen LogP) is 4.57. The van der Waals surface area contributed by atoms with Gasteiger partial charge in [0.25, 0.3) is 5.69 Å². The summed E-state index contributed by atoms with van der Waals surface area (Å²) in [5.41, 5.74) is 0.599. The summed E-state index contributed by atoms with van der Waals surface area (Å²) >= 11 is 6.09. The lowest BCUT2D eigenvalue weighted by atomic mass is 9.86. The zero-order valence-electron chi connectivity index (χ0n) is 13.5. The van der Waals surface area contributed by atoms with Gasteiger partial charge >= 0.3 is 0 Å². The van der Waals surface area contributed by atoms with Gasteiger partial charge in [-0.25, -0.2) is 0 Å². The molecule has 0 atom stereocenters. The van der Waals surface area contributed by atoms with Gasteiger partial charge in [-0.3, -0.25) is 14.9 Å². The molecule has 6 heteroatoms. The monoisotopic (exact) mass is 338 g/mol.